The molecule has 1 saturated carbocycles. The molecule has 0 amide bonds. The minimum Gasteiger partial charge on any atom is -0.311 e. The number of hydrogen-bond acceptors (Lipinski definition) is 4. The molecule has 2 unspecified atom stereocenters. The van der Waals surface area contributed by atoms with Crippen LogP contribution in [0.25, 0.3) is 11.3 Å². The highest BCUT2D eigenvalue weighted by Crippen LogP contribution is 2.35. The number of hydrogen-bond donors (Lipinski definition) is 1. The molecule has 0 bridgehead atoms. The number of nitrogens with one attached hydrogen (secondary N) is 1. The molecule has 136 valence electrons. The highest BCUT2D eigenvalue weighted by molar-refractivity contribution is 5.61. The molecule has 5 heteroatoms. The Bertz CT molecular complexity index is 679. The van der Waals surface area contributed by atoms with Gasteiger partial charge in [-0.15, -0.1) is 0 Å². The Kier molecular flexibility index (Phi) is 5.54. The van der Waals surface area contributed by atoms with E-state index in [0.717, 1.165) is 30.3 Å². The summed E-state index contributed by atoms with van der Waals surface area (Å²) < 4.78 is 1.90. The molecule has 0 spiro atoms. The van der Waals surface area contributed by atoms with Gasteiger partial charge in [0.15, 0.2) is 0 Å². The van der Waals surface area contributed by atoms with Crippen molar-refractivity contribution in [2.45, 2.75) is 44.7 Å². The van der Waals surface area contributed by atoms with E-state index >= 15 is 0 Å². The molecule has 1 fully saturated rings. The fraction of sp³-hybridized carbons (Fsp3) is 0.600. The van der Waals surface area contributed by atoms with Crippen LogP contribution in [0.2, 0.25) is 0 Å². The molecular weight excluding hydrogens is 310 g/mol. The zero-order valence-electron chi connectivity index (χ0n) is 16.0. The van der Waals surface area contributed by atoms with Gasteiger partial charge in [0, 0.05) is 55.4 Å². The standard InChI is InChI=1S/C20H31N5/c1-16-6-5-9-20(12-16,24(2)3)15-22-13-18-14-25(4)23-19(18)17-7-10-21-11-8-17/h7-8,10-11,14,16,22H,5-6,9,12-13,15H2,1-4H3. The van der Waals surface area contributed by atoms with Gasteiger partial charge in [-0.2, -0.15) is 5.10 Å². The summed E-state index contributed by atoms with van der Waals surface area (Å²) >= 11 is 0. The molecule has 2 aromatic rings. The highest BCUT2D eigenvalue weighted by Gasteiger charge is 2.36. The van der Waals surface area contributed by atoms with Crippen LogP contribution < -0.4 is 5.32 Å². The van der Waals surface area contributed by atoms with E-state index in [1.165, 1.54) is 31.2 Å². The average Bonchev–Trinajstić information content (AvgIpc) is 2.96. The predicted octanol–water partition coefficient (Wildman–Crippen LogP) is 3.08. The lowest BCUT2D eigenvalue weighted by atomic mass is 9.75. The molecule has 0 saturated heterocycles. The number of likely N-dealkylation sites (N-methyl/N-ethyl adjacent to an activating group) is 1. The average molecular weight is 342 g/mol. The highest BCUT2D eigenvalue weighted by atomic mass is 15.3. The third kappa shape index (κ3) is 4.10. The first-order valence-electron chi connectivity index (χ1n) is 9.31. The summed E-state index contributed by atoms with van der Waals surface area (Å²) in [6, 6.07) is 4.05. The van der Waals surface area contributed by atoms with Crippen LogP contribution in [0, 0.1) is 5.92 Å². The second-order valence-corrected chi connectivity index (χ2v) is 7.84. The quantitative estimate of drug-likeness (QED) is 0.877. The molecule has 0 aliphatic heterocycles. The number of pyridine rings is 1. The fourth-order valence-corrected chi connectivity index (χ4v) is 4.21. The zero-order chi connectivity index (χ0) is 17.9. The van der Waals surface area contributed by atoms with Crippen molar-refractivity contribution < 1.29 is 0 Å². The van der Waals surface area contributed by atoms with Gasteiger partial charge in [-0.05, 0) is 45.0 Å². The van der Waals surface area contributed by atoms with Gasteiger partial charge < -0.3 is 10.2 Å². The van der Waals surface area contributed by atoms with E-state index in [1.54, 1.807) is 0 Å². The van der Waals surface area contributed by atoms with E-state index in [4.69, 9.17) is 0 Å². The molecular formula is C20H31N5. The monoisotopic (exact) mass is 341 g/mol. The predicted molar refractivity (Wildman–Crippen MR) is 102 cm³/mol. The summed E-state index contributed by atoms with van der Waals surface area (Å²) in [5, 5.41) is 8.38. The maximum absolute atomic E-state index is 4.65. The van der Waals surface area contributed by atoms with E-state index < -0.39 is 0 Å². The van der Waals surface area contributed by atoms with Crippen molar-refractivity contribution in [2.24, 2.45) is 13.0 Å². The maximum atomic E-state index is 4.65. The molecule has 5 nitrogen and oxygen atoms in total. The molecule has 25 heavy (non-hydrogen) atoms. The SMILES string of the molecule is CC1CCCC(CNCc2cn(C)nc2-c2ccncc2)(N(C)C)C1. The van der Waals surface area contributed by atoms with E-state index in [0.29, 0.717) is 0 Å². The Morgan fingerprint density at radius 2 is 2.08 bits per heavy atom. The number of aryl methyl sites for hydroxylation is 1. The lowest BCUT2D eigenvalue weighted by Crippen LogP contribution is -2.54. The molecule has 1 N–H and O–H groups in total. The van der Waals surface area contributed by atoms with Gasteiger partial charge in [0.2, 0.25) is 0 Å². The third-order valence-electron chi connectivity index (χ3n) is 5.64. The van der Waals surface area contributed by atoms with Crippen LogP contribution in [0.3, 0.4) is 0 Å². The lowest BCUT2D eigenvalue weighted by molar-refractivity contribution is 0.0750. The molecule has 0 aromatic carbocycles. The summed E-state index contributed by atoms with van der Waals surface area (Å²) in [5.41, 5.74) is 3.69. The second-order valence-electron chi connectivity index (χ2n) is 7.84. The van der Waals surface area contributed by atoms with Crippen molar-refractivity contribution in [2.75, 3.05) is 20.6 Å². The minimum absolute atomic E-state index is 0.275. The van der Waals surface area contributed by atoms with Crippen LogP contribution in [0.5, 0.6) is 0 Å². The minimum atomic E-state index is 0.275. The third-order valence-corrected chi connectivity index (χ3v) is 5.64. The number of nitrogens with zero attached hydrogens (tertiary/aromatic N) is 4. The molecule has 2 atom stereocenters. The van der Waals surface area contributed by atoms with Gasteiger partial charge in [0.1, 0.15) is 0 Å². The molecule has 0 radical (unpaired) electrons. The normalized spacial score (nSPS) is 24.0. The topological polar surface area (TPSA) is 46.0 Å². The molecule has 2 heterocycles. The number of aromatic nitrogens is 3. The largest absolute Gasteiger partial charge is 0.311 e. The van der Waals surface area contributed by atoms with Crippen molar-refractivity contribution in [3.05, 3.63) is 36.3 Å². The first kappa shape index (κ1) is 18.1. The Balaban J connectivity index is 1.70. The Hall–Kier alpha value is -1.72. The van der Waals surface area contributed by atoms with Crippen LogP contribution in [0.1, 0.15) is 38.2 Å². The summed E-state index contributed by atoms with van der Waals surface area (Å²) in [6.45, 7) is 4.25. The van der Waals surface area contributed by atoms with Gasteiger partial charge in [-0.25, -0.2) is 0 Å². The van der Waals surface area contributed by atoms with Crippen LogP contribution in [-0.4, -0.2) is 45.8 Å². The van der Waals surface area contributed by atoms with Crippen molar-refractivity contribution >= 4 is 0 Å². The van der Waals surface area contributed by atoms with Crippen molar-refractivity contribution in [3.8, 4) is 11.3 Å². The molecule has 2 aromatic heterocycles. The van der Waals surface area contributed by atoms with E-state index in [9.17, 15) is 0 Å². The summed E-state index contributed by atoms with van der Waals surface area (Å²) in [7, 11) is 6.44. The van der Waals surface area contributed by atoms with Gasteiger partial charge in [0.05, 0.1) is 5.69 Å². The van der Waals surface area contributed by atoms with E-state index in [1.807, 2.05) is 36.3 Å². The summed E-state index contributed by atoms with van der Waals surface area (Å²) in [4.78, 5) is 6.54. The maximum Gasteiger partial charge on any atom is 0.0969 e. The van der Waals surface area contributed by atoms with Crippen LogP contribution in [0.15, 0.2) is 30.7 Å². The van der Waals surface area contributed by atoms with Crippen LogP contribution in [0.4, 0.5) is 0 Å². The van der Waals surface area contributed by atoms with Crippen LogP contribution in [-0.2, 0) is 13.6 Å². The smallest absolute Gasteiger partial charge is 0.0969 e. The number of rotatable bonds is 6. The summed E-state index contributed by atoms with van der Waals surface area (Å²) in [6.07, 6.45) is 11.0. The van der Waals surface area contributed by atoms with Gasteiger partial charge in [-0.3, -0.25) is 9.67 Å². The summed E-state index contributed by atoms with van der Waals surface area (Å²) in [5.74, 6) is 0.809. The van der Waals surface area contributed by atoms with Gasteiger partial charge >= 0.3 is 0 Å². The van der Waals surface area contributed by atoms with Gasteiger partial charge in [0.25, 0.3) is 0 Å². The fourth-order valence-electron chi connectivity index (χ4n) is 4.21. The molecule has 3 rings (SSSR count). The first-order valence-corrected chi connectivity index (χ1v) is 9.31. The van der Waals surface area contributed by atoms with E-state index in [-0.39, 0.29) is 5.54 Å². The zero-order valence-corrected chi connectivity index (χ0v) is 16.0. The molecule has 1 aliphatic rings. The van der Waals surface area contributed by atoms with Crippen molar-refractivity contribution in [1.82, 2.24) is 25.0 Å². The Labute approximate surface area is 151 Å². The Morgan fingerprint density at radius 1 is 1.32 bits per heavy atom. The van der Waals surface area contributed by atoms with E-state index in [2.05, 4.69) is 47.5 Å². The van der Waals surface area contributed by atoms with Crippen LogP contribution >= 0.6 is 0 Å². The second kappa shape index (κ2) is 7.67. The first-order chi connectivity index (χ1) is 12.0. The van der Waals surface area contributed by atoms with Gasteiger partial charge in [-0.1, -0.05) is 19.8 Å². The van der Waals surface area contributed by atoms with Crippen molar-refractivity contribution in [1.29, 1.82) is 0 Å². The lowest BCUT2D eigenvalue weighted by Gasteiger charge is -2.45. The Morgan fingerprint density at radius 3 is 2.76 bits per heavy atom. The molecule has 1 aliphatic carbocycles. The van der Waals surface area contributed by atoms with Crippen molar-refractivity contribution in [3.63, 3.8) is 0 Å².